The molecule has 1 unspecified atom stereocenters. The van der Waals surface area contributed by atoms with Crippen LogP contribution in [0.3, 0.4) is 0 Å². The third-order valence-corrected chi connectivity index (χ3v) is 3.28. The predicted molar refractivity (Wildman–Crippen MR) is 71.4 cm³/mol. The van der Waals surface area contributed by atoms with E-state index in [-0.39, 0.29) is 17.4 Å². The smallest absolute Gasteiger partial charge is 0.305 e. The first-order valence-corrected chi connectivity index (χ1v) is 5.97. The van der Waals surface area contributed by atoms with E-state index in [4.69, 9.17) is 26.9 Å². The van der Waals surface area contributed by atoms with Gasteiger partial charge in [-0.2, -0.15) is 0 Å². The van der Waals surface area contributed by atoms with Crippen LogP contribution in [0.1, 0.15) is 23.6 Å². The van der Waals surface area contributed by atoms with Crippen molar-refractivity contribution in [3.63, 3.8) is 0 Å². The SMILES string of the molecule is Cc1cc2occ(C(N)CC(=O)O)c(=O)c2cc1Cl. The fraction of sp³-hybridized carbons (Fsp3) is 0.231. The number of carboxylic acid groups (broad SMARTS) is 1. The standard InChI is InChI=1S/C13H12ClNO4/c1-6-2-11-7(3-9(6)14)13(18)8(5-19-11)10(15)4-12(16)17/h2-3,5,10H,4,15H2,1H3,(H,16,17). The lowest BCUT2D eigenvalue weighted by molar-refractivity contribution is -0.137. The quantitative estimate of drug-likeness (QED) is 0.900. The van der Waals surface area contributed by atoms with Gasteiger partial charge in [0.15, 0.2) is 5.43 Å². The summed E-state index contributed by atoms with van der Waals surface area (Å²) in [6.45, 7) is 1.80. The molecule has 0 radical (unpaired) electrons. The second-order valence-electron chi connectivity index (χ2n) is 4.32. The van der Waals surface area contributed by atoms with Gasteiger partial charge in [-0.25, -0.2) is 0 Å². The maximum absolute atomic E-state index is 12.2. The van der Waals surface area contributed by atoms with E-state index in [9.17, 15) is 9.59 Å². The number of rotatable bonds is 3. The summed E-state index contributed by atoms with van der Waals surface area (Å²) in [7, 11) is 0. The Labute approximate surface area is 113 Å². The molecular weight excluding hydrogens is 270 g/mol. The minimum Gasteiger partial charge on any atom is -0.481 e. The molecule has 2 rings (SSSR count). The molecule has 0 aliphatic carbocycles. The first-order valence-electron chi connectivity index (χ1n) is 5.59. The molecule has 100 valence electrons. The number of aryl methyl sites for hydroxylation is 1. The second-order valence-corrected chi connectivity index (χ2v) is 4.73. The van der Waals surface area contributed by atoms with Gasteiger partial charge in [0.25, 0.3) is 0 Å². The molecule has 1 heterocycles. The van der Waals surface area contributed by atoms with Gasteiger partial charge in [0, 0.05) is 11.1 Å². The van der Waals surface area contributed by atoms with E-state index in [2.05, 4.69) is 0 Å². The highest BCUT2D eigenvalue weighted by Gasteiger charge is 2.17. The second kappa shape index (κ2) is 5.03. The number of carbonyl (C=O) groups is 1. The van der Waals surface area contributed by atoms with Crippen LogP contribution in [0.5, 0.6) is 0 Å². The van der Waals surface area contributed by atoms with Gasteiger partial charge in [-0.05, 0) is 24.6 Å². The molecule has 6 heteroatoms. The summed E-state index contributed by atoms with van der Waals surface area (Å²) >= 11 is 5.97. The highest BCUT2D eigenvalue weighted by molar-refractivity contribution is 6.32. The van der Waals surface area contributed by atoms with E-state index in [0.717, 1.165) is 5.56 Å². The first kappa shape index (κ1) is 13.6. The lowest BCUT2D eigenvalue weighted by Crippen LogP contribution is -2.22. The maximum atomic E-state index is 12.2. The Morgan fingerprint density at radius 2 is 2.21 bits per heavy atom. The minimum absolute atomic E-state index is 0.134. The fourth-order valence-electron chi connectivity index (χ4n) is 1.82. The molecule has 0 saturated heterocycles. The minimum atomic E-state index is -1.08. The number of nitrogens with two attached hydrogens (primary N) is 1. The number of fused-ring (bicyclic) bond motifs is 1. The first-order chi connectivity index (χ1) is 8.90. The van der Waals surface area contributed by atoms with Crippen molar-refractivity contribution < 1.29 is 14.3 Å². The summed E-state index contributed by atoms with van der Waals surface area (Å²) in [5.41, 5.74) is 6.66. The normalized spacial score (nSPS) is 12.6. The molecule has 5 nitrogen and oxygen atoms in total. The van der Waals surface area contributed by atoms with Crippen LogP contribution in [0.4, 0.5) is 0 Å². The van der Waals surface area contributed by atoms with Gasteiger partial charge in [0.05, 0.1) is 23.6 Å². The lowest BCUT2D eigenvalue weighted by atomic mass is 10.0. The van der Waals surface area contributed by atoms with Gasteiger partial charge >= 0.3 is 5.97 Å². The predicted octanol–water partition coefficient (Wildman–Crippen LogP) is 2.23. The molecule has 1 aromatic carbocycles. The molecule has 0 spiro atoms. The summed E-state index contributed by atoms with van der Waals surface area (Å²) in [5.74, 6) is -1.08. The van der Waals surface area contributed by atoms with Gasteiger partial charge in [0.2, 0.25) is 0 Å². The van der Waals surface area contributed by atoms with Crippen molar-refractivity contribution in [1.82, 2.24) is 0 Å². The van der Waals surface area contributed by atoms with E-state index < -0.39 is 12.0 Å². The van der Waals surface area contributed by atoms with Crippen LogP contribution in [0.15, 0.2) is 27.6 Å². The zero-order chi connectivity index (χ0) is 14.2. The van der Waals surface area contributed by atoms with Crippen molar-refractivity contribution in [3.05, 3.63) is 44.8 Å². The van der Waals surface area contributed by atoms with Gasteiger partial charge < -0.3 is 15.3 Å². The Balaban J connectivity index is 2.60. The number of benzene rings is 1. The van der Waals surface area contributed by atoms with Crippen molar-refractivity contribution in [2.45, 2.75) is 19.4 Å². The van der Waals surface area contributed by atoms with E-state index >= 15 is 0 Å². The molecule has 3 N–H and O–H groups in total. The molecule has 0 aliphatic rings. The summed E-state index contributed by atoms with van der Waals surface area (Å²) < 4.78 is 5.33. The highest BCUT2D eigenvalue weighted by Crippen LogP contribution is 2.23. The number of carboxylic acids is 1. The topological polar surface area (TPSA) is 93.5 Å². The molecule has 0 saturated carbocycles. The summed E-state index contributed by atoms with van der Waals surface area (Å²) in [6, 6.07) is 2.26. The van der Waals surface area contributed by atoms with Crippen molar-refractivity contribution in [2.75, 3.05) is 0 Å². The third kappa shape index (κ3) is 2.62. The van der Waals surface area contributed by atoms with Crippen LogP contribution in [-0.2, 0) is 4.79 Å². The molecule has 0 aliphatic heterocycles. The molecule has 0 amide bonds. The molecule has 0 bridgehead atoms. The van der Waals surface area contributed by atoms with Crippen LogP contribution in [0.25, 0.3) is 11.0 Å². The summed E-state index contributed by atoms with van der Waals surface area (Å²) in [6.07, 6.45) is 0.876. The zero-order valence-corrected chi connectivity index (χ0v) is 10.9. The summed E-state index contributed by atoms with van der Waals surface area (Å²) in [4.78, 5) is 22.8. The average Bonchev–Trinajstić information content (AvgIpc) is 2.31. The van der Waals surface area contributed by atoms with E-state index in [1.165, 1.54) is 12.3 Å². The molecule has 0 fully saturated rings. The average molecular weight is 282 g/mol. The number of aliphatic carboxylic acids is 1. The zero-order valence-electron chi connectivity index (χ0n) is 10.1. The highest BCUT2D eigenvalue weighted by atomic mass is 35.5. The van der Waals surface area contributed by atoms with Gasteiger partial charge in [-0.1, -0.05) is 11.6 Å². The number of halogens is 1. The Bertz CT molecular complexity index is 708. The van der Waals surface area contributed by atoms with E-state index in [1.54, 1.807) is 13.0 Å². The fourth-order valence-corrected chi connectivity index (χ4v) is 1.98. The van der Waals surface area contributed by atoms with E-state index in [0.29, 0.717) is 16.0 Å². The molecular formula is C13H12ClNO4. The largest absolute Gasteiger partial charge is 0.481 e. The Morgan fingerprint density at radius 1 is 1.53 bits per heavy atom. The summed E-state index contributed by atoms with van der Waals surface area (Å²) in [5, 5.41) is 9.44. The van der Waals surface area contributed by atoms with Crippen molar-refractivity contribution in [2.24, 2.45) is 5.73 Å². The number of hydrogen-bond donors (Lipinski definition) is 2. The lowest BCUT2D eigenvalue weighted by Gasteiger charge is -2.09. The van der Waals surface area contributed by atoms with Gasteiger partial charge in [0.1, 0.15) is 5.58 Å². The molecule has 1 atom stereocenters. The Hall–Kier alpha value is -1.85. The number of hydrogen-bond acceptors (Lipinski definition) is 4. The monoisotopic (exact) mass is 281 g/mol. The Kier molecular flexibility index (Phi) is 3.59. The van der Waals surface area contributed by atoms with Crippen molar-refractivity contribution >= 4 is 28.5 Å². The van der Waals surface area contributed by atoms with Crippen LogP contribution in [-0.4, -0.2) is 11.1 Å². The Morgan fingerprint density at radius 3 is 2.84 bits per heavy atom. The van der Waals surface area contributed by atoms with Crippen LogP contribution < -0.4 is 11.2 Å². The molecule has 19 heavy (non-hydrogen) atoms. The van der Waals surface area contributed by atoms with Crippen molar-refractivity contribution in [1.29, 1.82) is 0 Å². The van der Waals surface area contributed by atoms with Crippen LogP contribution in [0, 0.1) is 6.92 Å². The maximum Gasteiger partial charge on any atom is 0.305 e. The van der Waals surface area contributed by atoms with Crippen molar-refractivity contribution in [3.8, 4) is 0 Å². The molecule has 1 aromatic heterocycles. The van der Waals surface area contributed by atoms with Crippen LogP contribution >= 0.6 is 11.6 Å². The van der Waals surface area contributed by atoms with E-state index in [1.807, 2.05) is 0 Å². The van der Waals surface area contributed by atoms with Gasteiger partial charge in [-0.3, -0.25) is 9.59 Å². The van der Waals surface area contributed by atoms with Crippen LogP contribution in [0.2, 0.25) is 5.02 Å². The molecule has 2 aromatic rings. The van der Waals surface area contributed by atoms with Gasteiger partial charge in [-0.15, -0.1) is 0 Å². The third-order valence-electron chi connectivity index (χ3n) is 2.87.